The molecular weight excluding hydrogens is 369 g/mol. The molecule has 1 amide bonds. The number of hydrogen-bond donors (Lipinski definition) is 1. The number of amides is 1. The van der Waals surface area contributed by atoms with E-state index in [1.54, 1.807) is 18.2 Å². The lowest BCUT2D eigenvalue weighted by molar-refractivity contribution is -0.180. The van der Waals surface area contributed by atoms with Crippen LogP contribution < -0.4 is 5.32 Å². The van der Waals surface area contributed by atoms with Gasteiger partial charge in [-0.2, -0.15) is 0 Å². The van der Waals surface area contributed by atoms with Gasteiger partial charge in [0, 0.05) is 28.8 Å². The van der Waals surface area contributed by atoms with Crippen molar-refractivity contribution in [3.63, 3.8) is 0 Å². The van der Waals surface area contributed by atoms with Crippen molar-refractivity contribution < 1.29 is 14.3 Å². The zero-order valence-corrected chi connectivity index (χ0v) is 15.8. The average Bonchev–Trinajstić information content (AvgIpc) is 3.01. The maximum absolute atomic E-state index is 12.5. The summed E-state index contributed by atoms with van der Waals surface area (Å²) >= 11 is 13.6. The summed E-state index contributed by atoms with van der Waals surface area (Å²) in [4.78, 5) is 13.3. The van der Waals surface area contributed by atoms with Crippen LogP contribution in [0.3, 0.4) is 0 Å². The Labute approximate surface area is 156 Å². The van der Waals surface area contributed by atoms with Gasteiger partial charge in [-0.05, 0) is 38.0 Å². The second-order valence-electron chi connectivity index (χ2n) is 6.23. The molecule has 7 heteroatoms. The van der Waals surface area contributed by atoms with Crippen LogP contribution in [0.1, 0.15) is 32.6 Å². The van der Waals surface area contributed by atoms with Crippen LogP contribution in [0.4, 0.5) is 0 Å². The summed E-state index contributed by atoms with van der Waals surface area (Å²) in [5, 5.41) is 4.12. The molecule has 2 aliphatic rings. The fourth-order valence-corrected chi connectivity index (χ4v) is 4.54. The molecule has 1 aliphatic carbocycles. The minimum absolute atomic E-state index is 0.0188. The first-order valence-electron chi connectivity index (χ1n) is 8.17. The summed E-state index contributed by atoms with van der Waals surface area (Å²) in [6.45, 7) is 3.22. The van der Waals surface area contributed by atoms with Crippen LogP contribution in [0, 0.1) is 0 Å². The van der Waals surface area contributed by atoms with E-state index in [1.807, 2.05) is 6.92 Å². The van der Waals surface area contributed by atoms with Crippen LogP contribution in [0.15, 0.2) is 23.1 Å². The number of halogens is 2. The molecule has 1 saturated carbocycles. The van der Waals surface area contributed by atoms with Gasteiger partial charge in [0.1, 0.15) is 0 Å². The predicted molar refractivity (Wildman–Crippen MR) is 96.8 cm³/mol. The van der Waals surface area contributed by atoms with E-state index >= 15 is 0 Å². The van der Waals surface area contributed by atoms with Crippen LogP contribution >= 0.6 is 35.0 Å². The zero-order valence-electron chi connectivity index (χ0n) is 13.5. The van der Waals surface area contributed by atoms with Crippen molar-refractivity contribution in [1.82, 2.24) is 5.32 Å². The highest BCUT2D eigenvalue weighted by Crippen LogP contribution is 2.36. The molecule has 0 aromatic heterocycles. The van der Waals surface area contributed by atoms with Gasteiger partial charge in [0.25, 0.3) is 0 Å². The van der Waals surface area contributed by atoms with Gasteiger partial charge in [-0.15, -0.1) is 11.8 Å². The Kier molecular flexibility index (Phi) is 5.98. The molecule has 0 radical (unpaired) electrons. The first kappa shape index (κ1) is 18.3. The second kappa shape index (κ2) is 7.83. The molecule has 1 unspecified atom stereocenters. The van der Waals surface area contributed by atoms with Crippen molar-refractivity contribution in [1.29, 1.82) is 0 Å². The van der Waals surface area contributed by atoms with Crippen molar-refractivity contribution in [2.45, 2.75) is 54.6 Å². The van der Waals surface area contributed by atoms with Crippen molar-refractivity contribution in [3.05, 3.63) is 28.2 Å². The molecule has 1 heterocycles. The summed E-state index contributed by atoms with van der Waals surface area (Å²) in [6, 6.07) is 5.45. The van der Waals surface area contributed by atoms with E-state index in [4.69, 9.17) is 32.7 Å². The smallest absolute Gasteiger partial charge is 0.233 e. The SMILES string of the molecule is CC(Sc1cc(Cl)ccc1Cl)C(=O)NC1CCC2(CC1)OCCO2. The van der Waals surface area contributed by atoms with Crippen molar-refractivity contribution in [3.8, 4) is 0 Å². The lowest BCUT2D eigenvalue weighted by Crippen LogP contribution is -2.45. The summed E-state index contributed by atoms with van der Waals surface area (Å²) in [6.07, 6.45) is 3.42. The number of carbonyl (C=O) groups excluding carboxylic acids is 1. The molecule has 1 aromatic carbocycles. The molecule has 1 aliphatic heterocycles. The van der Waals surface area contributed by atoms with Crippen LogP contribution in [0.25, 0.3) is 0 Å². The minimum Gasteiger partial charge on any atom is -0.352 e. The van der Waals surface area contributed by atoms with Crippen molar-refractivity contribution >= 4 is 40.9 Å². The first-order valence-corrected chi connectivity index (χ1v) is 9.81. The Morgan fingerprint density at radius 3 is 2.62 bits per heavy atom. The van der Waals surface area contributed by atoms with Crippen molar-refractivity contribution in [2.75, 3.05) is 13.2 Å². The van der Waals surface area contributed by atoms with Gasteiger partial charge in [-0.1, -0.05) is 23.2 Å². The van der Waals surface area contributed by atoms with Crippen LogP contribution in [0.5, 0.6) is 0 Å². The quantitative estimate of drug-likeness (QED) is 0.780. The fraction of sp³-hybridized carbons (Fsp3) is 0.588. The highest BCUT2D eigenvalue weighted by molar-refractivity contribution is 8.00. The number of benzene rings is 1. The van der Waals surface area contributed by atoms with Gasteiger partial charge in [0.15, 0.2) is 5.79 Å². The Morgan fingerprint density at radius 2 is 1.96 bits per heavy atom. The second-order valence-corrected chi connectivity index (χ2v) is 8.45. The maximum Gasteiger partial charge on any atom is 0.233 e. The van der Waals surface area contributed by atoms with E-state index in [2.05, 4.69) is 5.32 Å². The molecule has 1 atom stereocenters. The third kappa shape index (κ3) is 4.38. The van der Waals surface area contributed by atoms with Gasteiger partial charge in [0.2, 0.25) is 5.91 Å². The van der Waals surface area contributed by atoms with E-state index in [-0.39, 0.29) is 17.2 Å². The lowest BCUT2D eigenvalue weighted by atomic mass is 9.90. The van der Waals surface area contributed by atoms with E-state index in [0.29, 0.717) is 23.3 Å². The predicted octanol–water partition coefficient (Wildman–Crippen LogP) is 4.28. The van der Waals surface area contributed by atoms with E-state index in [1.165, 1.54) is 11.8 Å². The number of hydrogen-bond acceptors (Lipinski definition) is 4. The van der Waals surface area contributed by atoms with Crippen LogP contribution in [-0.4, -0.2) is 36.2 Å². The molecule has 24 heavy (non-hydrogen) atoms. The molecule has 1 spiro atoms. The molecule has 2 fully saturated rings. The molecule has 3 rings (SSSR count). The monoisotopic (exact) mass is 389 g/mol. The lowest BCUT2D eigenvalue weighted by Gasteiger charge is -2.35. The van der Waals surface area contributed by atoms with E-state index < -0.39 is 5.79 Å². The summed E-state index contributed by atoms with van der Waals surface area (Å²) in [5.74, 6) is -0.374. The van der Waals surface area contributed by atoms with Gasteiger partial charge in [0.05, 0.1) is 23.5 Å². The molecule has 1 aromatic rings. The standard InChI is InChI=1S/C17H21Cl2NO3S/c1-11(24-15-10-12(18)2-3-14(15)19)16(21)20-13-4-6-17(7-5-13)22-8-9-23-17/h2-3,10-11,13H,4-9H2,1H3,(H,20,21). The third-order valence-corrected chi connectivity index (χ3v) is 6.31. The number of carbonyl (C=O) groups is 1. The highest BCUT2D eigenvalue weighted by atomic mass is 35.5. The Hall–Kier alpha value is -0.460. The molecular formula is C17H21Cl2NO3S. The topological polar surface area (TPSA) is 47.6 Å². The van der Waals surface area contributed by atoms with E-state index in [0.717, 1.165) is 30.6 Å². The van der Waals surface area contributed by atoms with Gasteiger partial charge >= 0.3 is 0 Å². The van der Waals surface area contributed by atoms with Gasteiger partial charge in [-0.25, -0.2) is 0 Å². The minimum atomic E-state index is -0.393. The normalized spacial score (nSPS) is 21.8. The Balaban J connectivity index is 1.50. The highest BCUT2D eigenvalue weighted by Gasteiger charge is 2.40. The molecule has 1 saturated heterocycles. The number of nitrogens with one attached hydrogen (secondary N) is 1. The molecule has 132 valence electrons. The summed E-state index contributed by atoms with van der Waals surface area (Å²) in [5.41, 5.74) is 0. The van der Waals surface area contributed by atoms with Crippen LogP contribution in [-0.2, 0) is 14.3 Å². The number of rotatable bonds is 4. The number of thioether (sulfide) groups is 1. The molecule has 4 nitrogen and oxygen atoms in total. The van der Waals surface area contributed by atoms with Gasteiger partial charge in [-0.3, -0.25) is 4.79 Å². The zero-order chi connectivity index (χ0) is 17.2. The van der Waals surface area contributed by atoms with Gasteiger partial charge < -0.3 is 14.8 Å². The average molecular weight is 390 g/mol. The van der Waals surface area contributed by atoms with Crippen molar-refractivity contribution in [2.24, 2.45) is 0 Å². The molecule has 1 N–H and O–H groups in total. The fourth-order valence-electron chi connectivity index (χ4n) is 3.12. The Morgan fingerprint density at radius 1 is 1.29 bits per heavy atom. The Bertz CT molecular complexity index is 597. The van der Waals surface area contributed by atoms with E-state index in [9.17, 15) is 4.79 Å². The largest absolute Gasteiger partial charge is 0.352 e. The maximum atomic E-state index is 12.5. The number of ether oxygens (including phenoxy) is 2. The molecule has 0 bridgehead atoms. The summed E-state index contributed by atoms with van der Waals surface area (Å²) < 4.78 is 11.4. The third-order valence-electron chi connectivity index (χ3n) is 4.47. The van der Waals surface area contributed by atoms with Crippen LogP contribution in [0.2, 0.25) is 10.0 Å². The summed E-state index contributed by atoms with van der Waals surface area (Å²) in [7, 11) is 0. The first-order chi connectivity index (χ1) is 11.5.